The topological polar surface area (TPSA) is 82.1 Å². The molecule has 0 atom stereocenters. The number of aliphatic carboxylic acids is 1. The third kappa shape index (κ3) is 2.90. The summed E-state index contributed by atoms with van der Waals surface area (Å²) in [5, 5.41) is 13.0. The predicted molar refractivity (Wildman–Crippen MR) is 59.8 cm³/mol. The molecular formula is C12H11N2O3-. The molecule has 0 fully saturated rings. The summed E-state index contributed by atoms with van der Waals surface area (Å²) in [5.74, 6) is -0.708. The number of carboxylic acid groups (broad SMARTS) is 1. The number of hydrogen-bond acceptors (Lipinski definition) is 4. The van der Waals surface area contributed by atoms with Crippen LogP contribution in [0.3, 0.4) is 0 Å². The number of aryl methyl sites for hydroxylation is 1. The molecule has 1 aliphatic rings. The first kappa shape index (κ1) is 11.3. The number of carbonyl (C=O) groups is 2. The number of nitrogens with one attached hydrogen (secondary N) is 1. The van der Waals surface area contributed by atoms with Crippen molar-refractivity contribution in [3.8, 4) is 0 Å². The number of aromatic nitrogens is 1. The summed E-state index contributed by atoms with van der Waals surface area (Å²) in [4.78, 5) is 25.7. The van der Waals surface area contributed by atoms with Crippen molar-refractivity contribution >= 4 is 23.8 Å². The zero-order valence-corrected chi connectivity index (χ0v) is 9.10. The number of carbonyl (C=O) groups excluding carboxylic acids is 2. The molecule has 0 radical (unpaired) electrons. The van der Waals surface area contributed by atoms with Crippen LogP contribution in [0.5, 0.6) is 0 Å². The van der Waals surface area contributed by atoms with Gasteiger partial charge in [0.05, 0.1) is 5.97 Å². The second-order valence-electron chi connectivity index (χ2n) is 3.83. The smallest absolute Gasteiger partial charge is 0.225 e. The minimum absolute atomic E-state index is 0.0331. The highest BCUT2D eigenvalue weighted by Gasteiger charge is 2.13. The number of pyridine rings is 1. The van der Waals surface area contributed by atoms with Crippen molar-refractivity contribution in [2.45, 2.75) is 19.3 Å². The fourth-order valence-electron chi connectivity index (χ4n) is 1.72. The largest absolute Gasteiger partial charge is 0.545 e. The normalized spacial score (nSPS) is 15.2. The zero-order valence-electron chi connectivity index (χ0n) is 9.10. The van der Waals surface area contributed by atoms with Crippen molar-refractivity contribution < 1.29 is 14.7 Å². The summed E-state index contributed by atoms with van der Waals surface area (Å²) in [6.07, 6.45) is 5.92. The van der Waals surface area contributed by atoms with Crippen LogP contribution < -0.4 is 10.4 Å². The average molecular weight is 231 g/mol. The Balaban J connectivity index is 2.27. The Morgan fingerprint density at radius 1 is 1.47 bits per heavy atom. The summed E-state index contributed by atoms with van der Waals surface area (Å²) in [7, 11) is 0. The lowest BCUT2D eigenvalue weighted by atomic mass is 10.1. The van der Waals surface area contributed by atoms with E-state index < -0.39 is 5.97 Å². The second kappa shape index (κ2) is 4.78. The average Bonchev–Trinajstić information content (AvgIpc) is 2.46. The van der Waals surface area contributed by atoms with Crippen LogP contribution in [0.15, 0.2) is 18.3 Å². The minimum Gasteiger partial charge on any atom is -0.545 e. The van der Waals surface area contributed by atoms with E-state index in [1.54, 1.807) is 0 Å². The minimum atomic E-state index is -1.24. The fraction of sp³-hybridized carbons (Fsp3) is 0.250. The van der Waals surface area contributed by atoms with E-state index in [2.05, 4.69) is 10.3 Å². The lowest BCUT2D eigenvalue weighted by molar-refractivity contribution is -0.297. The van der Waals surface area contributed by atoms with Crippen molar-refractivity contribution in [1.82, 2.24) is 4.98 Å². The SMILES string of the molecule is O=C([O-])/C=C/c1cnc2c(c1)CCCC(=O)N2. The lowest BCUT2D eigenvalue weighted by Crippen LogP contribution is -2.18. The molecule has 0 bridgehead atoms. The van der Waals surface area contributed by atoms with Crippen LogP contribution >= 0.6 is 0 Å². The third-order valence-corrected chi connectivity index (χ3v) is 2.51. The molecule has 2 rings (SSSR count). The number of rotatable bonds is 2. The summed E-state index contributed by atoms with van der Waals surface area (Å²) in [6, 6.07) is 1.83. The number of hydrogen-bond donors (Lipinski definition) is 1. The van der Waals surface area contributed by atoms with Gasteiger partial charge in [-0.25, -0.2) is 4.98 Å². The molecule has 1 N–H and O–H groups in total. The van der Waals surface area contributed by atoms with E-state index in [-0.39, 0.29) is 5.91 Å². The van der Waals surface area contributed by atoms with Gasteiger partial charge in [0.2, 0.25) is 5.91 Å². The van der Waals surface area contributed by atoms with Crippen LogP contribution in [0, 0.1) is 0 Å². The Kier molecular flexibility index (Phi) is 3.18. The van der Waals surface area contributed by atoms with E-state index in [1.807, 2.05) is 6.07 Å². The Bertz CT molecular complexity index is 495. The van der Waals surface area contributed by atoms with E-state index >= 15 is 0 Å². The monoisotopic (exact) mass is 231 g/mol. The first-order valence-corrected chi connectivity index (χ1v) is 5.33. The third-order valence-electron chi connectivity index (χ3n) is 2.51. The van der Waals surface area contributed by atoms with Crippen molar-refractivity contribution in [3.63, 3.8) is 0 Å². The standard InChI is InChI=1S/C12H12N2O3/c15-10-3-1-2-9-6-8(4-5-11(16)17)7-13-12(9)14-10/h4-7H,1-3H2,(H,16,17)(H,13,14,15)/p-1/b5-4+. The summed E-state index contributed by atoms with van der Waals surface area (Å²) in [5.41, 5.74) is 1.61. The molecule has 0 aliphatic carbocycles. The van der Waals surface area contributed by atoms with Gasteiger partial charge in [0.25, 0.3) is 0 Å². The first-order valence-electron chi connectivity index (χ1n) is 5.33. The Labute approximate surface area is 98.2 Å². The molecule has 0 saturated carbocycles. The quantitative estimate of drug-likeness (QED) is 0.733. The van der Waals surface area contributed by atoms with Gasteiger partial charge in [-0.1, -0.05) is 6.08 Å². The Morgan fingerprint density at radius 2 is 2.29 bits per heavy atom. The van der Waals surface area contributed by atoms with Gasteiger partial charge >= 0.3 is 0 Å². The van der Waals surface area contributed by atoms with Gasteiger partial charge in [-0.05, 0) is 36.1 Å². The molecule has 0 saturated heterocycles. The maximum Gasteiger partial charge on any atom is 0.225 e. The molecule has 1 amide bonds. The Morgan fingerprint density at radius 3 is 3.06 bits per heavy atom. The highest BCUT2D eigenvalue weighted by atomic mass is 16.4. The first-order chi connectivity index (χ1) is 8.15. The molecule has 1 aromatic heterocycles. The van der Waals surface area contributed by atoms with E-state index in [0.717, 1.165) is 24.5 Å². The molecule has 0 spiro atoms. The molecule has 2 heterocycles. The molecule has 1 aliphatic heterocycles. The molecule has 5 heteroatoms. The van der Waals surface area contributed by atoms with Crippen molar-refractivity contribution in [2.24, 2.45) is 0 Å². The van der Waals surface area contributed by atoms with Gasteiger partial charge in [-0.2, -0.15) is 0 Å². The number of fused-ring (bicyclic) bond motifs is 1. The van der Waals surface area contributed by atoms with Gasteiger partial charge in [0.15, 0.2) is 0 Å². The summed E-state index contributed by atoms with van der Waals surface area (Å²) < 4.78 is 0. The highest BCUT2D eigenvalue weighted by molar-refractivity contribution is 5.91. The molecule has 1 aromatic rings. The van der Waals surface area contributed by atoms with Crippen molar-refractivity contribution in [1.29, 1.82) is 0 Å². The summed E-state index contributed by atoms with van der Waals surface area (Å²) >= 11 is 0. The molecule has 0 aromatic carbocycles. The lowest BCUT2D eigenvalue weighted by Gasteiger charge is -2.05. The molecule has 17 heavy (non-hydrogen) atoms. The fourth-order valence-corrected chi connectivity index (χ4v) is 1.72. The number of carboxylic acids is 1. The molecule has 88 valence electrons. The van der Waals surface area contributed by atoms with Crippen LogP contribution in [0.1, 0.15) is 24.0 Å². The van der Waals surface area contributed by atoms with Crippen LogP contribution in [-0.4, -0.2) is 16.9 Å². The van der Waals surface area contributed by atoms with Gasteiger partial charge < -0.3 is 15.2 Å². The van der Waals surface area contributed by atoms with Crippen LogP contribution in [0.25, 0.3) is 6.08 Å². The maximum absolute atomic E-state index is 11.3. The van der Waals surface area contributed by atoms with Gasteiger partial charge in [0.1, 0.15) is 5.82 Å². The molecular weight excluding hydrogens is 220 g/mol. The van der Waals surface area contributed by atoms with Gasteiger partial charge in [-0.15, -0.1) is 0 Å². The van der Waals surface area contributed by atoms with E-state index in [1.165, 1.54) is 12.3 Å². The van der Waals surface area contributed by atoms with Crippen LogP contribution in [0.2, 0.25) is 0 Å². The van der Waals surface area contributed by atoms with Gasteiger partial charge in [0, 0.05) is 12.6 Å². The van der Waals surface area contributed by atoms with E-state index in [0.29, 0.717) is 17.8 Å². The predicted octanol–water partition coefficient (Wildman–Crippen LogP) is 0.119. The van der Waals surface area contributed by atoms with Crippen molar-refractivity contribution in [2.75, 3.05) is 5.32 Å². The van der Waals surface area contributed by atoms with E-state index in [4.69, 9.17) is 0 Å². The maximum atomic E-state index is 11.3. The Hall–Kier alpha value is -2.17. The number of amides is 1. The summed E-state index contributed by atoms with van der Waals surface area (Å²) in [6.45, 7) is 0. The van der Waals surface area contributed by atoms with Crippen LogP contribution in [-0.2, 0) is 16.0 Å². The molecule has 5 nitrogen and oxygen atoms in total. The van der Waals surface area contributed by atoms with E-state index in [9.17, 15) is 14.7 Å². The zero-order chi connectivity index (χ0) is 12.3. The highest BCUT2D eigenvalue weighted by Crippen LogP contribution is 2.20. The van der Waals surface area contributed by atoms with Crippen molar-refractivity contribution in [3.05, 3.63) is 29.5 Å². The second-order valence-corrected chi connectivity index (χ2v) is 3.83. The molecule has 0 unspecified atom stereocenters. The van der Waals surface area contributed by atoms with Crippen LogP contribution in [0.4, 0.5) is 5.82 Å². The number of anilines is 1. The number of nitrogens with zero attached hydrogens (tertiary/aromatic N) is 1. The van der Waals surface area contributed by atoms with Gasteiger partial charge in [-0.3, -0.25) is 4.79 Å².